The first-order valence-electron chi connectivity index (χ1n) is 12.6. The number of likely N-dealkylation sites (tertiary alicyclic amines) is 1. The lowest BCUT2D eigenvalue weighted by Crippen LogP contribution is -2.53. The van der Waals surface area contributed by atoms with E-state index in [4.69, 9.17) is 11.6 Å². The van der Waals surface area contributed by atoms with Gasteiger partial charge in [0.25, 0.3) is 6.43 Å². The lowest BCUT2D eigenvalue weighted by Gasteiger charge is -2.39. The lowest BCUT2D eigenvalue weighted by atomic mass is 9.99. The molecule has 3 aliphatic rings. The minimum absolute atomic E-state index is 0.0786. The molecule has 0 saturated carbocycles. The Bertz CT molecular complexity index is 1130. The molecule has 6 nitrogen and oxygen atoms in total. The molecular weight excluding hydrogens is 491 g/mol. The van der Waals surface area contributed by atoms with Gasteiger partial charge in [0.2, 0.25) is 11.2 Å². The van der Waals surface area contributed by atoms with Crippen molar-refractivity contribution in [2.75, 3.05) is 25.5 Å². The van der Waals surface area contributed by atoms with E-state index in [9.17, 15) is 18.0 Å². The predicted molar refractivity (Wildman–Crippen MR) is 132 cm³/mol. The van der Waals surface area contributed by atoms with Crippen LogP contribution in [-0.2, 0) is 17.6 Å². The Morgan fingerprint density at radius 1 is 1.17 bits per heavy atom. The van der Waals surface area contributed by atoms with Gasteiger partial charge in [-0.15, -0.1) is 0 Å². The highest BCUT2D eigenvalue weighted by molar-refractivity contribution is 6.28. The third-order valence-corrected chi connectivity index (χ3v) is 8.29. The van der Waals surface area contributed by atoms with Crippen LogP contribution in [0, 0.1) is 11.7 Å². The highest BCUT2D eigenvalue weighted by Gasteiger charge is 2.39. The van der Waals surface area contributed by atoms with Gasteiger partial charge in [0, 0.05) is 42.7 Å². The molecule has 2 aliphatic heterocycles. The molecule has 2 aromatic rings. The number of aromatic nitrogens is 2. The molecule has 3 unspecified atom stereocenters. The number of piperazine rings is 1. The molecule has 194 valence electrons. The van der Waals surface area contributed by atoms with Gasteiger partial charge in [-0.2, -0.15) is 0 Å². The quantitative estimate of drug-likeness (QED) is 0.509. The maximum Gasteiger partial charge on any atom is 0.266 e. The van der Waals surface area contributed by atoms with Gasteiger partial charge in [-0.1, -0.05) is 18.2 Å². The number of rotatable bonds is 7. The van der Waals surface area contributed by atoms with E-state index in [0.29, 0.717) is 37.2 Å². The summed E-state index contributed by atoms with van der Waals surface area (Å²) in [5.41, 5.74) is 1.23. The van der Waals surface area contributed by atoms with E-state index < -0.39 is 23.8 Å². The maximum atomic E-state index is 14.7. The number of likely N-dealkylation sites (N-methyl/N-ethyl adjacent to an activating group) is 1. The summed E-state index contributed by atoms with van der Waals surface area (Å²) in [6.45, 7) is 3.32. The number of halogens is 4. The molecule has 1 N–H and O–H groups in total. The van der Waals surface area contributed by atoms with Gasteiger partial charge in [0.05, 0.1) is 17.3 Å². The van der Waals surface area contributed by atoms with Gasteiger partial charge in [-0.05, 0) is 63.6 Å². The summed E-state index contributed by atoms with van der Waals surface area (Å²) in [5, 5.41) is 3.24. The normalized spacial score (nSPS) is 24.3. The minimum Gasteiger partial charge on any atom is -0.363 e. The van der Waals surface area contributed by atoms with Crippen LogP contribution < -0.4 is 5.32 Å². The second-order valence-corrected chi connectivity index (χ2v) is 10.7. The van der Waals surface area contributed by atoms with Crippen LogP contribution in [0.5, 0.6) is 0 Å². The number of fused-ring (bicyclic) bond motifs is 3. The molecule has 5 rings (SSSR count). The van der Waals surface area contributed by atoms with Crippen LogP contribution in [0.25, 0.3) is 0 Å². The molecule has 36 heavy (non-hydrogen) atoms. The van der Waals surface area contributed by atoms with E-state index in [0.717, 1.165) is 49.7 Å². The molecule has 0 spiro atoms. The fourth-order valence-corrected chi connectivity index (χ4v) is 6.19. The van der Waals surface area contributed by atoms with Crippen LogP contribution >= 0.6 is 11.6 Å². The zero-order chi connectivity index (χ0) is 25.6. The first-order valence-corrected chi connectivity index (χ1v) is 13.0. The van der Waals surface area contributed by atoms with Crippen molar-refractivity contribution in [1.82, 2.24) is 19.8 Å². The van der Waals surface area contributed by atoms with Gasteiger partial charge in [0.1, 0.15) is 11.6 Å². The molecule has 2 fully saturated rings. The summed E-state index contributed by atoms with van der Waals surface area (Å²) >= 11 is 6.18. The van der Waals surface area contributed by atoms with E-state index in [-0.39, 0.29) is 22.7 Å². The van der Waals surface area contributed by atoms with Crippen molar-refractivity contribution in [3.05, 3.63) is 51.7 Å². The Labute approximate surface area is 214 Å². The highest BCUT2D eigenvalue weighted by atomic mass is 35.5. The highest BCUT2D eigenvalue weighted by Crippen LogP contribution is 2.36. The number of carbonyl (C=O) groups excluding carboxylic acids is 1. The SMILES string of the molecule is C[C@@H](Nc1nc(Cl)nc2c1CC(CCC(=O)N1CC3CCC(C1)N3C)C2)c1cccc(C(F)F)c1F. The van der Waals surface area contributed by atoms with E-state index in [1.807, 2.05) is 4.90 Å². The summed E-state index contributed by atoms with van der Waals surface area (Å²) in [6.07, 6.45) is 2.04. The predicted octanol–water partition coefficient (Wildman–Crippen LogP) is 5.18. The summed E-state index contributed by atoms with van der Waals surface area (Å²) in [7, 11) is 2.16. The van der Waals surface area contributed by atoms with Crippen LogP contribution in [0.2, 0.25) is 5.28 Å². The summed E-state index contributed by atoms with van der Waals surface area (Å²) in [5.74, 6) is 0.0129. The Morgan fingerprint density at radius 3 is 2.56 bits per heavy atom. The summed E-state index contributed by atoms with van der Waals surface area (Å²) in [4.78, 5) is 26.1. The van der Waals surface area contributed by atoms with Crippen molar-refractivity contribution in [3.63, 3.8) is 0 Å². The standard InChI is InChI=1S/C26H31ClF3N5O/c1-14(18-4-3-5-19(23(18)28)24(29)30)31-25-20-10-15(11-21(20)32-26(27)33-25)6-9-22(36)35-12-16-7-8-17(13-35)34(16)2/h3-5,14-17,24H,6-13H2,1-2H3,(H,31,32,33)/t14-,15?,16?,17?/m1/s1. The molecule has 3 heterocycles. The number of benzene rings is 1. The molecule has 4 atom stereocenters. The maximum absolute atomic E-state index is 14.7. The second kappa shape index (κ2) is 10.2. The van der Waals surface area contributed by atoms with Gasteiger partial charge in [0.15, 0.2) is 0 Å². The third kappa shape index (κ3) is 4.92. The molecule has 2 bridgehead atoms. The topological polar surface area (TPSA) is 61.4 Å². The molecule has 10 heteroatoms. The Kier molecular flexibility index (Phi) is 7.14. The number of amides is 1. The van der Waals surface area contributed by atoms with E-state index in [1.165, 1.54) is 12.1 Å². The fraction of sp³-hybridized carbons (Fsp3) is 0.577. The zero-order valence-corrected chi connectivity index (χ0v) is 21.2. The minimum atomic E-state index is -2.89. The average Bonchev–Trinajstić information content (AvgIpc) is 3.31. The summed E-state index contributed by atoms with van der Waals surface area (Å²) < 4.78 is 41.0. The number of alkyl halides is 2. The smallest absolute Gasteiger partial charge is 0.266 e. The van der Waals surface area contributed by atoms with Gasteiger partial charge < -0.3 is 10.2 Å². The Hall–Kier alpha value is -2.39. The second-order valence-electron chi connectivity index (χ2n) is 10.3. The molecule has 1 aliphatic carbocycles. The van der Waals surface area contributed by atoms with Crippen LogP contribution in [0.4, 0.5) is 19.0 Å². The monoisotopic (exact) mass is 521 g/mol. The zero-order valence-electron chi connectivity index (χ0n) is 20.5. The van der Waals surface area contributed by atoms with E-state index >= 15 is 0 Å². The number of hydrogen-bond acceptors (Lipinski definition) is 5. The van der Waals surface area contributed by atoms with Crippen molar-refractivity contribution in [3.8, 4) is 0 Å². The first kappa shape index (κ1) is 25.3. The van der Waals surface area contributed by atoms with E-state index in [1.54, 1.807) is 6.92 Å². The van der Waals surface area contributed by atoms with Crippen molar-refractivity contribution < 1.29 is 18.0 Å². The lowest BCUT2D eigenvalue weighted by molar-refractivity contribution is -0.134. The van der Waals surface area contributed by atoms with Crippen LogP contribution in [-0.4, -0.2) is 57.9 Å². The molecule has 1 aromatic heterocycles. The molecular formula is C26H31ClF3N5O. The van der Waals surface area contributed by atoms with Crippen LogP contribution in [0.1, 0.15) is 67.5 Å². The average molecular weight is 522 g/mol. The van der Waals surface area contributed by atoms with Gasteiger partial charge in [-0.25, -0.2) is 23.1 Å². The number of nitrogens with zero attached hydrogens (tertiary/aromatic N) is 4. The molecule has 1 amide bonds. The van der Waals surface area contributed by atoms with E-state index in [2.05, 4.69) is 27.2 Å². The number of nitrogens with one attached hydrogen (secondary N) is 1. The number of anilines is 1. The molecule has 0 radical (unpaired) electrons. The summed E-state index contributed by atoms with van der Waals surface area (Å²) in [6, 6.07) is 4.35. The van der Waals surface area contributed by atoms with Gasteiger partial charge >= 0.3 is 0 Å². The van der Waals surface area contributed by atoms with Crippen LogP contribution in [0.15, 0.2) is 18.2 Å². The number of carbonyl (C=O) groups is 1. The van der Waals surface area contributed by atoms with Crippen molar-refractivity contribution >= 4 is 23.3 Å². The van der Waals surface area contributed by atoms with Gasteiger partial charge in [-0.3, -0.25) is 9.69 Å². The number of hydrogen-bond donors (Lipinski definition) is 1. The Morgan fingerprint density at radius 2 is 1.86 bits per heavy atom. The third-order valence-electron chi connectivity index (χ3n) is 8.12. The van der Waals surface area contributed by atoms with Crippen LogP contribution in [0.3, 0.4) is 0 Å². The molecule has 2 saturated heterocycles. The van der Waals surface area contributed by atoms with Crippen molar-refractivity contribution in [1.29, 1.82) is 0 Å². The largest absolute Gasteiger partial charge is 0.363 e. The first-order chi connectivity index (χ1) is 17.2. The molecule has 1 aromatic carbocycles. The fourth-order valence-electron chi connectivity index (χ4n) is 6.00. The van der Waals surface area contributed by atoms with Crippen molar-refractivity contribution in [2.24, 2.45) is 5.92 Å². The Balaban J connectivity index is 1.23. The van der Waals surface area contributed by atoms with Crippen molar-refractivity contribution in [2.45, 2.75) is 70.0 Å².